The van der Waals surface area contributed by atoms with Gasteiger partial charge in [-0.2, -0.15) is 5.10 Å². The van der Waals surface area contributed by atoms with Crippen molar-refractivity contribution in [2.24, 2.45) is 5.10 Å². The molecular weight excluding hydrogens is 422 g/mol. The number of rotatable bonds is 4. The van der Waals surface area contributed by atoms with E-state index < -0.39 is 23.2 Å². The number of anilines is 1. The molecule has 0 fully saturated rings. The number of nitrogen functional groups attached to an aromatic ring is 1. The molecule has 3 aromatic rings. The monoisotopic (exact) mass is 434 g/mol. The number of aryl methyl sites for hydroxylation is 1. The van der Waals surface area contributed by atoms with Crippen LogP contribution in [-0.4, -0.2) is 21.8 Å². The molecule has 0 aliphatic rings. The van der Waals surface area contributed by atoms with E-state index in [1.807, 2.05) is 0 Å². The van der Waals surface area contributed by atoms with Gasteiger partial charge in [-0.15, -0.1) is 0 Å². The van der Waals surface area contributed by atoms with E-state index in [1.54, 1.807) is 25.3 Å². The molecule has 0 radical (unpaired) electrons. The van der Waals surface area contributed by atoms with Crippen LogP contribution in [0.3, 0.4) is 0 Å². The third kappa shape index (κ3) is 4.20. The van der Waals surface area contributed by atoms with Crippen LogP contribution in [0.1, 0.15) is 21.6 Å². The lowest BCUT2D eigenvalue weighted by molar-refractivity contribution is 0.0724. The number of carbonyl (C=O) groups is 1. The fourth-order valence-electron chi connectivity index (χ4n) is 2.28. The zero-order valence-corrected chi connectivity index (χ0v) is 15.6. The number of benzene rings is 2. The van der Waals surface area contributed by atoms with E-state index in [0.29, 0.717) is 15.7 Å². The van der Waals surface area contributed by atoms with Gasteiger partial charge in [0.1, 0.15) is 22.9 Å². The third-order valence-electron chi connectivity index (χ3n) is 3.50. The number of nitrogens with zero attached hydrogens (tertiary/aromatic N) is 3. The Morgan fingerprint density at radius 3 is 2.63 bits per heavy atom. The van der Waals surface area contributed by atoms with Crippen LogP contribution in [0.5, 0.6) is 5.75 Å². The molecule has 0 saturated carbocycles. The molecule has 27 heavy (non-hydrogen) atoms. The Balaban J connectivity index is 1.92. The largest absolute Gasteiger partial charge is 0.422 e. The number of hydrogen-bond donors (Lipinski definition) is 1. The van der Waals surface area contributed by atoms with Gasteiger partial charge in [0, 0.05) is 10.0 Å². The fraction of sp³-hybridized carbons (Fsp3) is 0.0556. The lowest BCUT2D eigenvalue weighted by Gasteiger charge is -2.09. The van der Waals surface area contributed by atoms with E-state index in [9.17, 15) is 13.6 Å². The van der Waals surface area contributed by atoms with Crippen LogP contribution in [0.15, 0.2) is 52.2 Å². The number of nitrogens with two attached hydrogens (primary N) is 1. The van der Waals surface area contributed by atoms with Crippen LogP contribution in [0.4, 0.5) is 14.7 Å². The van der Waals surface area contributed by atoms with Crippen molar-refractivity contribution in [2.45, 2.75) is 6.92 Å². The second-order valence-electron chi connectivity index (χ2n) is 5.50. The van der Waals surface area contributed by atoms with Gasteiger partial charge in [-0.25, -0.2) is 23.2 Å². The van der Waals surface area contributed by atoms with Crippen LogP contribution in [-0.2, 0) is 0 Å². The van der Waals surface area contributed by atoms with Gasteiger partial charge < -0.3 is 10.5 Å². The summed E-state index contributed by atoms with van der Waals surface area (Å²) in [7, 11) is 0. The Hall–Kier alpha value is -3.07. The Morgan fingerprint density at radius 2 is 2.00 bits per heavy atom. The van der Waals surface area contributed by atoms with Gasteiger partial charge in [-0.3, -0.25) is 0 Å². The number of carbonyl (C=O) groups excluding carboxylic acids is 1. The zero-order chi connectivity index (χ0) is 19.6. The molecule has 0 spiro atoms. The first-order chi connectivity index (χ1) is 12.8. The van der Waals surface area contributed by atoms with Crippen molar-refractivity contribution < 1.29 is 18.3 Å². The first-order valence-electron chi connectivity index (χ1n) is 7.66. The molecule has 6 nitrogen and oxygen atoms in total. The highest BCUT2D eigenvalue weighted by atomic mass is 79.9. The summed E-state index contributed by atoms with van der Waals surface area (Å²) in [6.45, 7) is 1.76. The molecule has 0 saturated heterocycles. The summed E-state index contributed by atoms with van der Waals surface area (Å²) in [5, 5.41) is 4.16. The highest BCUT2D eigenvalue weighted by Gasteiger charge is 2.20. The van der Waals surface area contributed by atoms with Crippen molar-refractivity contribution in [1.29, 1.82) is 0 Å². The fourth-order valence-corrected chi connectivity index (χ4v) is 2.66. The zero-order valence-electron chi connectivity index (χ0n) is 14.0. The third-order valence-corrected chi connectivity index (χ3v) is 3.99. The van der Waals surface area contributed by atoms with Crippen LogP contribution in [0, 0.1) is 18.6 Å². The molecule has 9 heteroatoms. The summed E-state index contributed by atoms with van der Waals surface area (Å²) in [5.74, 6) is -2.90. The molecular formula is C18H13BrF2N4O2. The van der Waals surface area contributed by atoms with Crippen molar-refractivity contribution in [3.05, 3.63) is 75.5 Å². The molecule has 2 aromatic carbocycles. The molecule has 1 aromatic heterocycles. The molecule has 2 N–H and O–H groups in total. The molecule has 0 aliphatic heterocycles. The molecule has 3 rings (SSSR count). The number of ether oxygens (including phenoxy) is 1. The van der Waals surface area contributed by atoms with E-state index in [1.165, 1.54) is 17.0 Å². The Morgan fingerprint density at radius 1 is 1.30 bits per heavy atom. The maximum absolute atomic E-state index is 13.8. The minimum absolute atomic E-state index is 0.0741. The number of hydrogen-bond acceptors (Lipinski definition) is 5. The van der Waals surface area contributed by atoms with E-state index in [4.69, 9.17) is 10.5 Å². The predicted molar refractivity (Wildman–Crippen MR) is 99.8 cm³/mol. The summed E-state index contributed by atoms with van der Waals surface area (Å²) in [6.07, 6.45) is 3.01. The molecule has 138 valence electrons. The first kappa shape index (κ1) is 18.7. The topological polar surface area (TPSA) is 82.5 Å². The summed E-state index contributed by atoms with van der Waals surface area (Å²) in [5.41, 5.74) is 6.03. The van der Waals surface area contributed by atoms with E-state index in [0.717, 1.165) is 18.2 Å². The first-order valence-corrected chi connectivity index (χ1v) is 8.46. The number of halogens is 3. The van der Waals surface area contributed by atoms with Crippen molar-refractivity contribution >= 4 is 34.1 Å². The number of imidazole rings is 1. The van der Waals surface area contributed by atoms with Crippen molar-refractivity contribution in [1.82, 2.24) is 9.66 Å². The van der Waals surface area contributed by atoms with Crippen molar-refractivity contribution in [2.75, 3.05) is 5.73 Å². The lowest BCUT2D eigenvalue weighted by Crippen LogP contribution is -2.14. The van der Waals surface area contributed by atoms with Crippen LogP contribution >= 0.6 is 15.9 Å². The maximum atomic E-state index is 13.8. The maximum Gasteiger partial charge on any atom is 0.349 e. The summed E-state index contributed by atoms with van der Waals surface area (Å²) in [6, 6.07) is 7.85. The van der Waals surface area contributed by atoms with Gasteiger partial charge >= 0.3 is 5.97 Å². The molecule has 1 heterocycles. The van der Waals surface area contributed by atoms with Gasteiger partial charge in [0.25, 0.3) is 0 Å². The molecule has 0 atom stereocenters. The smallest absolute Gasteiger partial charge is 0.349 e. The minimum Gasteiger partial charge on any atom is -0.422 e. The van der Waals surface area contributed by atoms with Crippen molar-refractivity contribution in [3.63, 3.8) is 0 Å². The number of aromatic nitrogens is 2. The van der Waals surface area contributed by atoms with Crippen molar-refractivity contribution in [3.8, 4) is 5.75 Å². The summed E-state index contributed by atoms with van der Waals surface area (Å²) >= 11 is 3.31. The minimum atomic E-state index is -1.15. The second-order valence-corrected chi connectivity index (χ2v) is 6.41. The van der Waals surface area contributed by atoms with Crippen LogP contribution in [0.25, 0.3) is 0 Å². The standard InChI is InChI=1S/C18H13BrF2N4O2/c1-10-9-25(18(22)24-10)23-8-11-7-12(19)5-6-15(11)27-17(26)16-13(20)3-2-4-14(16)21/h2-9H,1H3,(H2,22,24). The average molecular weight is 435 g/mol. The van der Waals surface area contributed by atoms with E-state index in [2.05, 4.69) is 26.0 Å². The van der Waals surface area contributed by atoms with Gasteiger partial charge in [-0.05, 0) is 37.3 Å². The predicted octanol–water partition coefficient (Wildman–Crippen LogP) is 3.92. The van der Waals surface area contributed by atoms with Gasteiger partial charge in [0.15, 0.2) is 0 Å². The Labute approximate surface area is 161 Å². The SMILES string of the molecule is Cc1cn(N=Cc2cc(Br)ccc2OC(=O)c2c(F)cccc2F)c(N)n1. The lowest BCUT2D eigenvalue weighted by atomic mass is 10.2. The van der Waals surface area contributed by atoms with E-state index >= 15 is 0 Å². The van der Waals surface area contributed by atoms with Gasteiger partial charge in [0.05, 0.1) is 18.1 Å². The number of esters is 1. The highest BCUT2D eigenvalue weighted by Crippen LogP contribution is 2.24. The van der Waals surface area contributed by atoms with E-state index in [-0.39, 0.29) is 11.7 Å². The van der Waals surface area contributed by atoms with Gasteiger partial charge in [-0.1, -0.05) is 22.0 Å². The summed E-state index contributed by atoms with van der Waals surface area (Å²) < 4.78 is 34.8. The quantitative estimate of drug-likeness (QED) is 0.383. The Kier molecular flexibility index (Phi) is 5.31. The second kappa shape index (κ2) is 7.67. The van der Waals surface area contributed by atoms with Crippen LogP contribution < -0.4 is 10.5 Å². The molecule has 0 bridgehead atoms. The normalized spacial score (nSPS) is 11.1. The highest BCUT2D eigenvalue weighted by molar-refractivity contribution is 9.10. The molecule has 0 unspecified atom stereocenters. The molecule has 0 aliphatic carbocycles. The Bertz CT molecular complexity index is 1030. The summed E-state index contributed by atoms with van der Waals surface area (Å²) in [4.78, 5) is 16.3. The van der Waals surface area contributed by atoms with Gasteiger partial charge in [0.2, 0.25) is 5.95 Å². The average Bonchev–Trinajstić information content (AvgIpc) is 2.92. The van der Waals surface area contributed by atoms with Crippen LogP contribution in [0.2, 0.25) is 0 Å². The molecule has 0 amide bonds.